The first-order valence-corrected chi connectivity index (χ1v) is 8.46. The van der Waals surface area contributed by atoms with Gasteiger partial charge in [-0.2, -0.15) is 0 Å². The largest absolute Gasteiger partial charge is 0.0622 e. The highest BCUT2D eigenvalue weighted by molar-refractivity contribution is 5.93. The highest BCUT2D eigenvalue weighted by atomic mass is 14.3. The summed E-state index contributed by atoms with van der Waals surface area (Å²) >= 11 is 0. The van der Waals surface area contributed by atoms with E-state index >= 15 is 0 Å². The molecule has 0 nitrogen and oxygen atoms in total. The molecule has 0 saturated carbocycles. The van der Waals surface area contributed by atoms with Crippen LogP contribution >= 0.6 is 0 Å². The zero-order valence-electron chi connectivity index (χ0n) is 13.8. The molecule has 24 heavy (non-hydrogen) atoms. The summed E-state index contributed by atoms with van der Waals surface area (Å²) in [6.07, 6.45) is 2.37. The lowest BCUT2D eigenvalue weighted by atomic mass is 9.97. The molecule has 0 fully saturated rings. The van der Waals surface area contributed by atoms with Crippen LogP contribution in [0, 0.1) is 5.92 Å². The van der Waals surface area contributed by atoms with Gasteiger partial charge in [-0.25, -0.2) is 0 Å². The summed E-state index contributed by atoms with van der Waals surface area (Å²) in [6.45, 7) is 2.29. The van der Waals surface area contributed by atoms with Crippen molar-refractivity contribution in [1.82, 2.24) is 0 Å². The van der Waals surface area contributed by atoms with Crippen molar-refractivity contribution in [3.63, 3.8) is 0 Å². The molecule has 0 radical (unpaired) electrons. The lowest BCUT2D eigenvalue weighted by molar-refractivity contribution is 1.06. The number of benzene rings is 3. The molecule has 0 saturated heterocycles. The van der Waals surface area contributed by atoms with E-state index in [9.17, 15) is 0 Å². The highest BCUT2D eigenvalue weighted by Crippen LogP contribution is 2.48. The van der Waals surface area contributed by atoms with Crippen LogP contribution in [0.5, 0.6) is 0 Å². The van der Waals surface area contributed by atoms with E-state index in [0.717, 1.165) is 0 Å². The Labute approximate surface area is 143 Å². The van der Waals surface area contributed by atoms with Crippen LogP contribution in [0.15, 0.2) is 103 Å². The Hall–Kier alpha value is -2.86. The molecule has 3 aromatic rings. The fourth-order valence-corrected chi connectivity index (χ4v) is 3.32. The van der Waals surface area contributed by atoms with Crippen LogP contribution in [0.3, 0.4) is 0 Å². The van der Waals surface area contributed by atoms with Gasteiger partial charge in [-0.1, -0.05) is 97.9 Å². The van der Waals surface area contributed by atoms with Crippen LogP contribution in [0.2, 0.25) is 0 Å². The van der Waals surface area contributed by atoms with Gasteiger partial charge in [-0.05, 0) is 39.5 Å². The first kappa shape index (κ1) is 14.7. The number of hydrogen-bond acceptors (Lipinski definition) is 0. The van der Waals surface area contributed by atoms with Gasteiger partial charge in [-0.3, -0.25) is 0 Å². The van der Waals surface area contributed by atoms with Crippen molar-refractivity contribution in [3.8, 4) is 0 Å². The standard InChI is InChI=1S/C24H20/c1-18-22(24(18)21-15-9-4-10-16-21)17-23(19-11-5-2-6-12-19)20-13-7-3-8-14-20/h2-18H,1H3. The predicted molar refractivity (Wildman–Crippen MR) is 102 cm³/mol. The number of allylic oxidation sites excluding steroid dienone is 3. The zero-order chi connectivity index (χ0) is 16.4. The summed E-state index contributed by atoms with van der Waals surface area (Å²) in [5.74, 6) is 0.537. The summed E-state index contributed by atoms with van der Waals surface area (Å²) in [6, 6.07) is 32.0. The lowest BCUT2D eigenvalue weighted by Gasteiger charge is -2.08. The van der Waals surface area contributed by atoms with Gasteiger partial charge in [0.1, 0.15) is 0 Å². The molecule has 0 aliphatic heterocycles. The normalized spacial score (nSPS) is 16.0. The van der Waals surface area contributed by atoms with Gasteiger partial charge in [0.05, 0.1) is 0 Å². The van der Waals surface area contributed by atoms with Crippen LogP contribution in [0.25, 0.3) is 11.1 Å². The molecule has 0 amide bonds. The van der Waals surface area contributed by atoms with Crippen molar-refractivity contribution in [2.75, 3.05) is 0 Å². The number of rotatable bonds is 4. The fourth-order valence-electron chi connectivity index (χ4n) is 3.32. The monoisotopic (exact) mass is 308 g/mol. The minimum absolute atomic E-state index is 0.537. The smallest absolute Gasteiger partial charge is 0.00732 e. The Bertz CT molecular complexity index is 843. The second-order valence-electron chi connectivity index (χ2n) is 6.25. The van der Waals surface area contributed by atoms with Gasteiger partial charge in [0, 0.05) is 5.92 Å². The first-order valence-electron chi connectivity index (χ1n) is 8.46. The van der Waals surface area contributed by atoms with Gasteiger partial charge in [0.2, 0.25) is 0 Å². The molecule has 0 N–H and O–H groups in total. The van der Waals surface area contributed by atoms with Gasteiger partial charge < -0.3 is 0 Å². The predicted octanol–water partition coefficient (Wildman–Crippen LogP) is 6.22. The van der Waals surface area contributed by atoms with Crippen LogP contribution in [0.1, 0.15) is 23.6 Å². The van der Waals surface area contributed by atoms with Crippen molar-refractivity contribution in [1.29, 1.82) is 0 Å². The summed E-state index contributed by atoms with van der Waals surface area (Å²) in [5.41, 5.74) is 8.09. The van der Waals surface area contributed by atoms with E-state index in [2.05, 4.69) is 104 Å². The zero-order valence-corrected chi connectivity index (χ0v) is 13.8. The van der Waals surface area contributed by atoms with E-state index in [1.54, 1.807) is 0 Å². The third kappa shape index (κ3) is 2.83. The molecule has 1 aliphatic rings. The van der Waals surface area contributed by atoms with Crippen LogP contribution < -0.4 is 0 Å². The van der Waals surface area contributed by atoms with Crippen molar-refractivity contribution in [2.45, 2.75) is 6.92 Å². The van der Waals surface area contributed by atoms with E-state index in [1.807, 2.05) is 0 Å². The van der Waals surface area contributed by atoms with Crippen molar-refractivity contribution >= 4 is 11.1 Å². The van der Waals surface area contributed by atoms with Gasteiger partial charge in [0.15, 0.2) is 0 Å². The Morgan fingerprint density at radius 2 is 1.12 bits per heavy atom. The highest BCUT2D eigenvalue weighted by Gasteiger charge is 2.31. The fraction of sp³-hybridized carbons (Fsp3) is 0.0833. The molecule has 0 heteroatoms. The summed E-state index contributed by atoms with van der Waals surface area (Å²) in [7, 11) is 0. The molecular weight excluding hydrogens is 288 g/mol. The molecule has 1 aliphatic carbocycles. The van der Waals surface area contributed by atoms with E-state index in [1.165, 1.54) is 33.4 Å². The SMILES string of the molecule is CC1C(C=C(c2ccccc2)c2ccccc2)=C1c1ccccc1. The van der Waals surface area contributed by atoms with Crippen LogP contribution in [0.4, 0.5) is 0 Å². The molecule has 0 aromatic heterocycles. The van der Waals surface area contributed by atoms with Crippen LogP contribution in [-0.4, -0.2) is 0 Å². The molecule has 1 atom stereocenters. The Morgan fingerprint density at radius 1 is 0.667 bits per heavy atom. The third-order valence-corrected chi connectivity index (χ3v) is 4.68. The quantitative estimate of drug-likeness (QED) is 0.536. The second kappa shape index (κ2) is 6.33. The molecule has 1 unspecified atom stereocenters. The average molecular weight is 308 g/mol. The van der Waals surface area contributed by atoms with Gasteiger partial charge >= 0.3 is 0 Å². The minimum Gasteiger partial charge on any atom is -0.0622 e. The Kier molecular flexibility index (Phi) is 3.88. The van der Waals surface area contributed by atoms with E-state index in [4.69, 9.17) is 0 Å². The molecule has 3 aromatic carbocycles. The molecule has 0 spiro atoms. The van der Waals surface area contributed by atoms with Crippen LogP contribution in [-0.2, 0) is 0 Å². The van der Waals surface area contributed by atoms with E-state index < -0.39 is 0 Å². The maximum Gasteiger partial charge on any atom is 0.00732 e. The Morgan fingerprint density at radius 3 is 1.62 bits per heavy atom. The average Bonchev–Trinajstić information content (AvgIpc) is 3.31. The van der Waals surface area contributed by atoms with E-state index in [-0.39, 0.29) is 0 Å². The first-order chi connectivity index (χ1) is 11.8. The maximum atomic E-state index is 2.37. The van der Waals surface area contributed by atoms with Gasteiger partial charge in [0.25, 0.3) is 0 Å². The Balaban J connectivity index is 1.80. The summed E-state index contributed by atoms with van der Waals surface area (Å²) < 4.78 is 0. The van der Waals surface area contributed by atoms with Crippen molar-refractivity contribution < 1.29 is 0 Å². The lowest BCUT2D eigenvalue weighted by Crippen LogP contribution is -1.87. The molecule has 4 rings (SSSR count). The molecule has 116 valence electrons. The molecule has 0 bridgehead atoms. The third-order valence-electron chi connectivity index (χ3n) is 4.68. The molecular formula is C24H20. The second-order valence-corrected chi connectivity index (χ2v) is 6.25. The minimum atomic E-state index is 0.537. The van der Waals surface area contributed by atoms with Crippen molar-refractivity contribution in [3.05, 3.63) is 119 Å². The summed E-state index contributed by atoms with van der Waals surface area (Å²) in [4.78, 5) is 0. The van der Waals surface area contributed by atoms with Crippen molar-refractivity contribution in [2.24, 2.45) is 5.92 Å². The summed E-state index contributed by atoms with van der Waals surface area (Å²) in [5, 5.41) is 0. The maximum absolute atomic E-state index is 2.37. The number of hydrogen-bond donors (Lipinski definition) is 0. The van der Waals surface area contributed by atoms with E-state index in [0.29, 0.717) is 5.92 Å². The topological polar surface area (TPSA) is 0 Å². The van der Waals surface area contributed by atoms with Gasteiger partial charge in [-0.15, -0.1) is 0 Å². The molecule has 0 heterocycles.